The minimum absolute atomic E-state index is 0.184. The average molecular weight is 335 g/mol. The van der Waals surface area contributed by atoms with Crippen molar-refractivity contribution in [2.24, 2.45) is 0 Å². The molecule has 3 aromatic rings. The van der Waals surface area contributed by atoms with Crippen LogP contribution in [0.25, 0.3) is 10.9 Å². The molecule has 7 nitrogen and oxygen atoms in total. The molecule has 0 amide bonds. The lowest BCUT2D eigenvalue weighted by Crippen LogP contribution is -2.18. The van der Waals surface area contributed by atoms with E-state index in [1.165, 1.54) is 13.3 Å². The normalized spacial score (nSPS) is 10.0. The standard InChI is InChI=1S/C16H18N6.C2H3N/c1-9(2)21-16-13(15(18)19-8-20-16)14(17)12-7-10-5-3-4-6-11(10)22-12;1-2-3/h3-9,17,22H,1-2H3,(H3,18,19,20,21);1H3. The molecule has 0 aliphatic carbocycles. The van der Waals surface area contributed by atoms with Crippen LogP contribution in [-0.4, -0.2) is 26.7 Å². The van der Waals surface area contributed by atoms with Crippen LogP contribution in [0.2, 0.25) is 0 Å². The summed E-state index contributed by atoms with van der Waals surface area (Å²) < 4.78 is 0. The van der Waals surface area contributed by atoms with Crippen LogP contribution in [0.1, 0.15) is 32.0 Å². The fourth-order valence-corrected chi connectivity index (χ4v) is 2.37. The number of rotatable bonds is 4. The number of fused-ring (bicyclic) bond motifs is 1. The molecule has 0 aliphatic rings. The molecule has 7 heteroatoms. The fourth-order valence-electron chi connectivity index (χ4n) is 2.37. The third-order valence-corrected chi connectivity index (χ3v) is 3.35. The highest BCUT2D eigenvalue weighted by Gasteiger charge is 2.18. The third kappa shape index (κ3) is 4.12. The summed E-state index contributed by atoms with van der Waals surface area (Å²) in [6, 6.07) is 11.8. The zero-order chi connectivity index (χ0) is 18.4. The van der Waals surface area contributed by atoms with Crippen molar-refractivity contribution < 1.29 is 0 Å². The van der Waals surface area contributed by atoms with Gasteiger partial charge in [-0.3, -0.25) is 5.41 Å². The average Bonchev–Trinajstić information content (AvgIpc) is 2.99. The molecular weight excluding hydrogens is 314 g/mol. The Morgan fingerprint density at radius 2 is 2.00 bits per heavy atom. The number of benzene rings is 1. The van der Waals surface area contributed by atoms with E-state index in [9.17, 15) is 0 Å². The number of nitrogens with one attached hydrogen (secondary N) is 3. The van der Waals surface area contributed by atoms with Gasteiger partial charge in [-0.15, -0.1) is 0 Å². The van der Waals surface area contributed by atoms with Gasteiger partial charge in [0.05, 0.1) is 23.0 Å². The van der Waals surface area contributed by atoms with Crippen molar-refractivity contribution in [3.05, 3.63) is 47.9 Å². The Hall–Kier alpha value is -3.40. The van der Waals surface area contributed by atoms with Crippen molar-refractivity contribution in [2.75, 3.05) is 11.1 Å². The van der Waals surface area contributed by atoms with Crippen LogP contribution in [0.5, 0.6) is 0 Å². The van der Waals surface area contributed by atoms with Crippen LogP contribution in [0.15, 0.2) is 36.7 Å². The monoisotopic (exact) mass is 335 g/mol. The van der Waals surface area contributed by atoms with Crippen LogP contribution in [0, 0.1) is 16.7 Å². The van der Waals surface area contributed by atoms with Crippen molar-refractivity contribution in [2.45, 2.75) is 26.8 Å². The van der Waals surface area contributed by atoms with Gasteiger partial charge in [-0.2, -0.15) is 5.26 Å². The maximum Gasteiger partial charge on any atom is 0.141 e. The van der Waals surface area contributed by atoms with Crippen LogP contribution in [0.3, 0.4) is 0 Å². The summed E-state index contributed by atoms with van der Waals surface area (Å²) in [6.07, 6.45) is 1.40. The van der Waals surface area contributed by atoms with Gasteiger partial charge in [-0.05, 0) is 26.0 Å². The maximum atomic E-state index is 8.50. The Bertz CT molecular complexity index is 886. The molecule has 2 heterocycles. The first-order valence-electron chi connectivity index (χ1n) is 7.82. The first-order valence-corrected chi connectivity index (χ1v) is 7.82. The SMILES string of the molecule is CC#N.CC(C)Nc1ncnc(N)c1C(=N)c1cc2ccccc2[nH]1. The second-order valence-corrected chi connectivity index (χ2v) is 5.65. The minimum Gasteiger partial charge on any atom is -0.383 e. The molecule has 25 heavy (non-hydrogen) atoms. The molecule has 3 rings (SSSR count). The fraction of sp³-hybridized carbons (Fsp3) is 0.222. The van der Waals surface area contributed by atoms with Gasteiger partial charge in [-0.1, -0.05) is 18.2 Å². The number of aromatic nitrogens is 3. The molecular formula is C18H21N7. The number of nitriles is 1. The number of aromatic amines is 1. The number of anilines is 2. The largest absolute Gasteiger partial charge is 0.383 e. The zero-order valence-corrected chi connectivity index (χ0v) is 14.5. The number of para-hydroxylation sites is 1. The highest BCUT2D eigenvalue weighted by molar-refractivity contribution is 6.16. The number of hydrogen-bond donors (Lipinski definition) is 4. The quantitative estimate of drug-likeness (QED) is 0.544. The van der Waals surface area contributed by atoms with E-state index in [2.05, 4.69) is 20.3 Å². The van der Waals surface area contributed by atoms with Crippen LogP contribution in [0.4, 0.5) is 11.6 Å². The van der Waals surface area contributed by atoms with Crippen molar-refractivity contribution in [3.8, 4) is 6.07 Å². The van der Waals surface area contributed by atoms with Gasteiger partial charge in [0.25, 0.3) is 0 Å². The Kier molecular flexibility index (Phi) is 5.69. The third-order valence-electron chi connectivity index (χ3n) is 3.35. The van der Waals surface area contributed by atoms with Crippen LogP contribution >= 0.6 is 0 Å². The van der Waals surface area contributed by atoms with Crippen LogP contribution < -0.4 is 11.1 Å². The lowest BCUT2D eigenvalue weighted by Gasteiger charge is -2.14. The van der Waals surface area contributed by atoms with E-state index in [1.807, 2.05) is 44.2 Å². The van der Waals surface area contributed by atoms with Gasteiger partial charge in [0.15, 0.2) is 0 Å². The van der Waals surface area contributed by atoms with E-state index in [0.717, 1.165) is 10.9 Å². The van der Waals surface area contributed by atoms with Crippen molar-refractivity contribution in [1.29, 1.82) is 10.7 Å². The molecule has 0 radical (unpaired) electrons. The van der Waals surface area contributed by atoms with Crippen molar-refractivity contribution >= 4 is 28.3 Å². The van der Waals surface area contributed by atoms with Gasteiger partial charge in [-0.25, -0.2) is 9.97 Å². The summed E-state index contributed by atoms with van der Waals surface area (Å²) in [5.74, 6) is 0.868. The molecule has 0 spiro atoms. The van der Waals surface area contributed by atoms with Gasteiger partial charge in [0, 0.05) is 23.9 Å². The number of nitrogens with two attached hydrogens (primary N) is 1. The minimum atomic E-state index is 0.184. The summed E-state index contributed by atoms with van der Waals surface area (Å²) in [5.41, 5.74) is 8.45. The maximum absolute atomic E-state index is 8.50. The van der Waals surface area contributed by atoms with Crippen molar-refractivity contribution in [1.82, 2.24) is 15.0 Å². The molecule has 128 valence electrons. The molecule has 0 aliphatic heterocycles. The van der Waals surface area contributed by atoms with E-state index in [4.69, 9.17) is 16.4 Å². The highest BCUT2D eigenvalue weighted by atomic mass is 15.1. The molecule has 0 bridgehead atoms. The Morgan fingerprint density at radius 3 is 2.64 bits per heavy atom. The molecule has 2 aromatic heterocycles. The molecule has 0 saturated carbocycles. The summed E-state index contributed by atoms with van der Waals surface area (Å²) in [4.78, 5) is 11.5. The summed E-state index contributed by atoms with van der Waals surface area (Å²) in [6.45, 7) is 5.45. The first-order chi connectivity index (χ1) is 12.0. The van der Waals surface area contributed by atoms with Crippen molar-refractivity contribution in [3.63, 3.8) is 0 Å². The zero-order valence-electron chi connectivity index (χ0n) is 14.5. The summed E-state index contributed by atoms with van der Waals surface area (Å²) >= 11 is 0. The van der Waals surface area contributed by atoms with Gasteiger partial charge in [0.1, 0.15) is 18.0 Å². The van der Waals surface area contributed by atoms with Gasteiger partial charge >= 0.3 is 0 Å². The number of nitrogen functional groups attached to an aromatic ring is 1. The Balaban J connectivity index is 0.000000701. The lowest BCUT2D eigenvalue weighted by molar-refractivity contribution is 0.885. The molecule has 5 N–H and O–H groups in total. The smallest absolute Gasteiger partial charge is 0.141 e. The molecule has 0 atom stereocenters. The first kappa shape index (κ1) is 17.9. The Morgan fingerprint density at radius 1 is 1.32 bits per heavy atom. The van der Waals surface area contributed by atoms with Gasteiger partial charge < -0.3 is 16.0 Å². The highest BCUT2D eigenvalue weighted by Crippen LogP contribution is 2.24. The molecule has 0 saturated heterocycles. The summed E-state index contributed by atoms with van der Waals surface area (Å²) in [7, 11) is 0. The van der Waals surface area contributed by atoms with E-state index < -0.39 is 0 Å². The van der Waals surface area contributed by atoms with E-state index in [0.29, 0.717) is 22.9 Å². The van der Waals surface area contributed by atoms with E-state index in [-0.39, 0.29) is 11.8 Å². The second kappa shape index (κ2) is 7.93. The number of hydrogen-bond acceptors (Lipinski definition) is 6. The van der Waals surface area contributed by atoms with E-state index in [1.54, 1.807) is 6.07 Å². The summed E-state index contributed by atoms with van der Waals surface area (Å²) in [5, 5.41) is 20.1. The number of nitrogens with zero attached hydrogens (tertiary/aromatic N) is 3. The second-order valence-electron chi connectivity index (χ2n) is 5.65. The lowest BCUT2D eigenvalue weighted by atomic mass is 10.1. The predicted octanol–water partition coefficient (Wildman–Crippen LogP) is 3.31. The number of H-pyrrole nitrogens is 1. The molecule has 0 unspecified atom stereocenters. The van der Waals surface area contributed by atoms with E-state index >= 15 is 0 Å². The Labute approximate surface area is 146 Å². The molecule has 0 fully saturated rings. The molecule has 1 aromatic carbocycles. The topological polar surface area (TPSA) is 127 Å². The van der Waals surface area contributed by atoms with Crippen LogP contribution in [-0.2, 0) is 0 Å². The predicted molar refractivity (Wildman–Crippen MR) is 101 cm³/mol. The van der Waals surface area contributed by atoms with Gasteiger partial charge in [0.2, 0.25) is 0 Å².